The smallest absolute Gasteiger partial charge is 0.0887 e. The highest BCUT2D eigenvalue weighted by molar-refractivity contribution is 5.14. The Hall–Kier alpha value is -0.870. The second kappa shape index (κ2) is 7.95. The van der Waals surface area contributed by atoms with Crippen molar-refractivity contribution >= 4 is 0 Å². The molecule has 0 radical (unpaired) electrons. The lowest BCUT2D eigenvalue weighted by Crippen LogP contribution is -2.48. The predicted molar refractivity (Wildman–Crippen MR) is 86.4 cm³/mol. The zero-order valence-electron chi connectivity index (χ0n) is 13.9. The first kappa shape index (κ1) is 16.5. The Balaban J connectivity index is 2.29. The molecule has 0 aromatic carbocycles. The first-order chi connectivity index (χ1) is 10.3. The lowest BCUT2D eigenvalue weighted by molar-refractivity contribution is -0.0706. The lowest BCUT2D eigenvalue weighted by atomic mass is 9.77. The van der Waals surface area contributed by atoms with Gasteiger partial charge in [-0.05, 0) is 38.3 Å². The third-order valence-electron chi connectivity index (χ3n) is 4.71. The second-order valence-electron chi connectivity index (χ2n) is 6.20. The maximum Gasteiger partial charge on any atom is 0.0887 e. The van der Waals surface area contributed by atoms with Gasteiger partial charge in [-0.3, -0.25) is 4.68 Å². The molecule has 1 saturated carbocycles. The summed E-state index contributed by atoms with van der Waals surface area (Å²) < 4.78 is 8.25. The molecule has 1 unspecified atom stereocenters. The Labute approximate surface area is 129 Å². The van der Waals surface area contributed by atoms with Crippen LogP contribution >= 0.6 is 0 Å². The molecule has 0 spiro atoms. The Morgan fingerprint density at radius 3 is 2.67 bits per heavy atom. The van der Waals surface area contributed by atoms with Gasteiger partial charge in [0.1, 0.15) is 0 Å². The molecule has 0 bridgehead atoms. The fourth-order valence-electron chi connectivity index (χ4n) is 3.60. The number of aromatic nitrogens is 2. The van der Waals surface area contributed by atoms with Gasteiger partial charge >= 0.3 is 0 Å². The molecule has 1 atom stereocenters. The highest BCUT2D eigenvalue weighted by Crippen LogP contribution is 2.41. The average molecular weight is 293 g/mol. The van der Waals surface area contributed by atoms with Crippen LogP contribution < -0.4 is 5.32 Å². The summed E-state index contributed by atoms with van der Waals surface area (Å²) in [7, 11) is 1.88. The average Bonchev–Trinajstić information content (AvgIpc) is 2.97. The summed E-state index contributed by atoms with van der Waals surface area (Å²) in [6.07, 6.45) is 10.3. The third kappa shape index (κ3) is 3.67. The highest BCUT2D eigenvalue weighted by Gasteiger charge is 2.42. The van der Waals surface area contributed by atoms with Crippen LogP contribution in [0, 0.1) is 0 Å². The molecule has 0 aliphatic heterocycles. The van der Waals surface area contributed by atoms with E-state index in [0.717, 1.165) is 38.8 Å². The fraction of sp³-hybridized carbons (Fsp3) is 0.824. The first-order valence-corrected chi connectivity index (χ1v) is 8.57. The lowest BCUT2D eigenvalue weighted by Gasteiger charge is -2.43. The monoisotopic (exact) mass is 293 g/mol. The Kier molecular flexibility index (Phi) is 6.24. The van der Waals surface area contributed by atoms with E-state index in [4.69, 9.17) is 4.74 Å². The molecule has 1 aliphatic carbocycles. The molecule has 1 aliphatic rings. The van der Waals surface area contributed by atoms with Crippen LogP contribution in [0.2, 0.25) is 0 Å². The van der Waals surface area contributed by atoms with Crippen molar-refractivity contribution in [3.05, 3.63) is 18.0 Å². The summed E-state index contributed by atoms with van der Waals surface area (Å²) >= 11 is 0. The molecule has 0 amide bonds. The van der Waals surface area contributed by atoms with Crippen LogP contribution in [0.3, 0.4) is 0 Å². The van der Waals surface area contributed by atoms with Crippen molar-refractivity contribution in [2.45, 2.75) is 77.0 Å². The van der Waals surface area contributed by atoms with E-state index >= 15 is 0 Å². The number of hydrogen-bond acceptors (Lipinski definition) is 3. The van der Waals surface area contributed by atoms with Gasteiger partial charge < -0.3 is 10.1 Å². The van der Waals surface area contributed by atoms with E-state index in [9.17, 15) is 0 Å². The number of methoxy groups -OCH3 is 1. The Morgan fingerprint density at radius 1 is 1.29 bits per heavy atom. The minimum Gasteiger partial charge on any atom is -0.376 e. The molecule has 1 aromatic heterocycles. The van der Waals surface area contributed by atoms with E-state index in [1.54, 1.807) is 0 Å². The number of ether oxygens (including phenoxy) is 1. The minimum absolute atomic E-state index is 0.0705. The predicted octanol–water partition coefficient (Wildman–Crippen LogP) is 3.68. The fourth-order valence-corrected chi connectivity index (χ4v) is 3.60. The topological polar surface area (TPSA) is 39.1 Å². The standard InChI is InChI=1S/C17H31N3O/c1-4-12-18-16(15-9-13-19-20(15)14-5-2)17(21-3)10-7-6-8-11-17/h9,13,16,18H,4-8,10-12,14H2,1-3H3. The van der Waals surface area contributed by atoms with Gasteiger partial charge in [-0.2, -0.15) is 5.10 Å². The quantitative estimate of drug-likeness (QED) is 0.794. The van der Waals surface area contributed by atoms with Crippen LogP contribution in [0.5, 0.6) is 0 Å². The summed E-state index contributed by atoms with van der Waals surface area (Å²) in [6.45, 7) is 6.42. The molecule has 4 heteroatoms. The molecule has 1 fully saturated rings. The summed E-state index contributed by atoms with van der Waals surface area (Å²) in [5.41, 5.74) is 1.22. The van der Waals surface area contributed by atoms with Gasteiger partial charge in [-0.25, -0.2) is 0 Å². The van der Waals surface area contributed by atoms with Gasteiger partial charge in [0.05, 0.1) is 17.3 Å². The van der Waals surface area contributed by atoms with Crippen LogP contribution in [0.4, 0.5) is 0 Å². The van der Waals surface area contributed by atoms with E-state index in [1.807, 2.05) is 13.3 Å². The van der Waals surface area contributed by atoms with E-state index in [2.05, 4.69) is 35.0 Å². The number of nitrogens with zero attached hydrogens (tertiary/aromatic N) is 2. The number of hydrogen-bond donors (Lipinski definition) is 1. The van der Waals surface area contributed by atoms with Crippen LogP contribution in [-0.4, -0.2) is 29.0 Å². The van der Waals surface area contributed by atoms with Crippen LogP contribution in [0.1, 0.15) is 70.5 Å². The van der Waals surface area contributed by atoms with Crippen LogP contribution in [0.15, 0.2) is 12.3 Å². The van der Waals surface area contributed by atoms with Crippen LogP contribution in [0.25, 0.3) is 0 Å². The minimum atomic E-state index is -0.0705. The van der Waals surface area contributed by atoms with Gasteiger partial charge in [0, 0.05) is 19.9 Å². The first-order valence-electron chi connectivity index (χ1n) is 8.57. The molecule has 4 nitrogen and oxygen atoms in total. The maximum absolute atomic E-state index is 6.09. The summed E-state index contributed by atoms with van der Waals surface area (Å²) in [5, 5.41) is 8.26. The van der Waals surface area contributed by atoms with Gasteiger partial charge in [0.2, 0.25) is 0 Å². The SMILES string of the molecule is CCCNC(c1ccnn1CCC)C1(OC)CCCCC1. The zero-order valence-corrected chi connectivity index (χ0v) is 13.9. The molecule has 120 valence electrons. The van der Waals surface area contributed by atoms with Gasteiger partial charge in [-0.15, -0.1) is 0 Å². The largest absolute Gasteiger partial charge is 0.376 e. The van der Waals surface area contributed by atoms with Crippen LogP contribution in [-0.2, 0) is 11.3 Å². The molecular formula is C17H31N3O. The summed E-state index contributed by atoms with van der Waals surface area (Å²) in [4.78, 5) is 0. The maximum atomic E-state index is 6.09. The number of rotatable bonds is 8. The number of nitrogens with one attached hydrogen (secondary N) is 1. The molecule has 2 rings (SSSR count). The molecule has 1 aromatic rings. The highest BCUT2D eigenvalue weighted by atomic mass is 16.5. The van der Waals surface area contributed by atoms with Crippen molar-refractivity contribution in [3.63, 3.8) is 0 Å². The molecule has 1 N–H and O–H groups in total. The Bertz CT molecular complexity index is 410. The van der Waals surface area contributed by atoms with E-state index in [1.165, 1.54) is 25.0 Å². The van der Waals surface area contributed by atoms with Gasteiger partial charge in [0.15, 0.2) is 0 Å². The summed E-state index contributed by atoms with van der Waals surface area (Å²) in [5.74, 6) is 0. The van der Waals surface area contributed by atoms with Gasteiger partial charge in [-0.1, -0.05) is 33.1 Å². The Morgan fingerprint density at radius 2 is 2.05 bits per heavy atom. The van der Waals surface area contributed by atoms with Crippen molar-refractivity contribution in [1.82, 2.24) is 15.1 Å². The molecule has 0 saturated heterocycles. The molecular weight excluding hydrogens is 262 g/mol. The third-order valence-corrected chi connectivity index (χ3v) is 4.71. The van der Waals surface area contributed by atoms with E-state index in [0.29, 0.717) is 0 Å². The zero-order chi connectivity index (χ0) is 15.1. The second-order valence-corrected chi connectivity index (χ2v) is 6.20. The molecule has 1 heterocycles. The van der Waals surface area contributed by atoms with Crippen molar-refractivity contribution in [1.29, 1.82) is 0 Å². The van der Waals surface area contributed by atoms with Crippen molar-refractivity contribution in [2.75, 3.05) is 13.7 Å². The normalized spacial score (nSPS) is 19.6. The van der Waals surface area contributed by atoms with E-state index < -0.39 is 0 Å². The van der Waals surface area contributed by atoms with Crippen molar-refractivity contribution < 1.29 is 4.74 Å². The number of aryl methyl sites for hydroxylation is 1. The summed E-state index contributed by atoms with van der Waals surface area (Å²) in [6, 6.07) is 2.41. The van der Waals surface area contributed by atoms with Gasteiger partial charge in [0.25, 0.3) is 0 Å². The van der Waals surface area contributed by atoms with E-state index in [-0.39, 0.29) is 11.6 Å². The molecule has 21 heavy (non-hydrogen) atoms. The van der Waals surface area contributed by atoms with Crippen molar-refractivity contribution in [2.24, 2.45) is 0 Å². The van der Waals surface area contributed by atoms with Crippen molar-refractivity contribution in [3.8, 4) is 0 Å².